The number of hydrogen-bond acceptors (Lipinski definition) is 4. The maximum Gasteiger partial charge on any atom is 0.130 e. The van der Waals surface area contributed by atoms with Crippen molar-refractivity contribution in [2.75, 3.05) is 13.1 Å². The average molecular weight is 362 g/mol. The molecule has 3 heterocycles. The fraction of sp³-hybridized carbons (Fsp3) is 0.364. The molecule has 4 rings (SSSR count). The van der Waals surface area contributed by atoms with Crippen molar-refractivity contribution in [2.45, 2.75) is 31.9 Å². The van der Waals surface area contributed by atoms with E-state index in [9.17, 15) is 0 Å². The molecule has 0 bridgehead atoms. The predicted octanol–water partition coefficient (Wildman–Crippen LogP) is 3.77. The maximum absolute atomic E-state index is 5.82. The number of nitrogens with zero attached hydrogens (tertiary/aromatic N) is 4. The van der Waals surface area contributed by atoms with Crippen molar-refractivity contribution in [1.82, 2.24) is 19.7 Å². The minimum absolute atomic E-state index is 0.502. The summed E-state index contributed by atoms with van der Waals surface area (Å²) in [4.78, 5) is 6.82. The normalized spacial score (nSPS) is 15.7. The second-order valence-electron chi connectivity index (χ2n) is 7.18. The van der Waals surface area contributed by atoms with E-state index in [4.69, 9.17) is 4.74 Å². The van der Waals surface area contributed by atoms with E-state index in [2.05, 4.69) is 45.3 Å². The molecular formula is C22H26N4O. The van der Waals surface area contributed by atoms with Gasteiger partial charge in [0.25, 0.3) is 0 Å². The molecule has 5 heteroatoms. The molecule has 0 unspecified atom stereocenters. The molecule has 0 amide bonds. The molecule has 0 saturated carbocycles. The highest BCUT2D eigenvalue weighted by molar-refractivity contribution is 5.27. The summed E-state index contributed by atoms with van der Waals surface area (Å²) in [7, 11) is 2.04. The standard InChI is InChI=1S/C22H26N4O/c1-25-22(9-13-24-25)19-10-14-26(15-11-19)16-18-5-7-21(8-6-18)27-17-20-4-2-3-12-23-20/h2-9,12-13,19H,10-11,14-17H2,1H3. The van der Waals surface area contributed by atoms with Gasteiger partial charge in [0.05, 0.1) is 5.69 Å². The van der Waals surface area contributed by atoms with Crippen LogP contribution in [0, 0.1) is 0 Å². The Morgan fingerprint density at radius 3 is 2.48 bits per heavy atom. The lowest BCUT2D eigenvalue weighted by Gasteiger charge is -2.32. The van der Waals surface area contributed by atoms with Gasteiger partial charge in [0.2, 0.25) is 0 Å². The second-order valence-corrected chi connectivity index (χ2v) is 7.18. The van der Waals surface area contributed by atoms with Gasteiger partial charge in [0.1, 0.15) is 12.4 Å². The van der Waals surface area contributed by atoms with E-state index in [0.717, 1.165) is 31.1 Å². The molecular weight excluding hydrogens is 336 g/mol. The summed E-state index contributed by atoms with van der Waals surface area (Å²) < 4.78 is 7.84. The van der Waals surface area contributed by atoms with Crippen molar-refractivity contribution in [1.29, 1.82) is 0 Å². The van der Waals surface area contributed by atoms with Gasteiger partial charge in [-0.15, -0.1) is 0 Å². The van der Waals surface area contributed by atoms with Gasteiger partial charge in [-0.1, -0.05) is 18.2 Å². The smallest absolute Gasteiger partial charge is 0.130 e. The molecule has 140 valence electrons. The van der Waals surface area contributed by atoms with Crippen LogP contribution in [-0.2, 0) is 20.2 Å². The van der Waals surface area contributed by atoms with Crippen LogP contribution >= 0.6 is 0 Å². The molecule has 2 aromatic heterocycles. The van der Waals surface area contributed by atoms with Gasteiger partial charge in [-0.25, -0.2) is 0 Å². The number of benzene rings is 1. The summed E-state index contributed by atoms with van der Waals surface area (Å²) in [6.45, 7) is 3.77. The number of aryl methyl sites for hydroxylation is 1. The summed E-state index contributed by atoms with van der Waals surface area (Å²) in [6, 6.07) is 16.5. The predicted molar refractivity (Wildman–Crippen MR) is 105 cm³/mol. The number of aromatic nitrogens is 3. The van der Waals surface area contributed by atoms with Gasteiger partial charge < -0.3 is 4.74 Å². The summed E-state index contributed by atoms with van der Waals surface area (Å²) >= 11 is 0. The maximum atomic E-state index is 5.82. The third-order valence-electron chi connectivity index (χ3n) is 5.31. The van der Waals surface area contributed by atoms with Crippen molar-refractivity contribution in [3.63, 3.8) is 0 Å². The van der Waals surface area contributed by atoms with Crippen LogP contribution in [0.15, 0.2) is 60.9 Å². The lowest BCUT2D eigenvalue weighted by atomic mass is 9.93. The van der Waals surface area contributed by atoms with Gasteiger partial charge in [-0.2, -0.15) is 5.10 Å². The number of piperidine rings is 1. The van der Waals surface area contributed by atoms with E-state index >= 15 is 0 Å². The summed E-state index contributed by atoms with van der Waals surface area (Å²) in [6.07, 6.45) is 6.09. The molecule has 27 heavy (non-hydrogen) atoms. The third kappa shape index (κ3) is 4.55. The van der Waals surface area contributed by atoms with Crippen LogP contribution in [0.1, 0.15) is 35.7 Å². The fourth-order valence-corrected chi connectivity index (χ4v) is 3.76. The Kier molecular flexibility index (Phi) is 5.49. The molecule has 1 aliphatic heterocycles. The Balaban J connectivity index is 1.26. The monoisotopic (exact) mass is 362 g/mol. The van der Waals surface area contributed by atoms with Crippen LogP contribution in [0.3, 0.4) is 0 Å². The van der Waals surface area contributed by atoms with Crippen molar-refractivity contribution in [2.24, 2.45) is 7.05 Å². The zero-order valence-corrected chi connectivity index (χ0v) is 15.8. The molecule has 5 nitrogen and oxygen atoms in total. The van der Waals surface area contributed by atoms with Crippen molar-refractivity contribution in [3.8, 4) is 5.75 Å². The van der Waals surface area contributed by atoms with Crippen LogP contribution in [0.4, 0.5) is 0 Å². The number of ether oxygens (including phenoxy) is 1. The first-order chi connectivity index (χ1) is 13.3. The third-order valence-corrected chi connectivity index (χ3v) is 5.31. The van der Waals surface area contributed by atoms with E-state index in [-0.39, 0.29) is 0 Å². The molecule has 1 saturated heterocycles. The first-order valence-corrected chi connectivity index (χ1v) is 9.60. The highest BCUT2D eigenvalue weighted by Gasteiger charge is 2.22. The second kappa shape index (κ2) is 8.35. The Labute approximate surface area is 160 Å². The highest BCUT2D eigenvalue weighted by Crippen LogP contribution is 2.28. The van der Waals surface area contributed by atoms with E-state index in [0.29, 0.717) is 12.5 Å². The van der Waals surface area contributed by atoms with Crippen LogP contribution in [0.2, 0.25) is 0 Å². The van der Waals surface area contributed by atoms with E-state index < -0.39 is 0 Å². The zero-order valence-electron chi connectivity index (χ0n) is 15.8. The minimum Gasteiger partial charge on any atom is -0.487 e. The molecule has 0 spiro atoms. The van der Waals surface area contributed by atoms with Gasteiger partial charge >= 0.3 is 0 Å². The van der Waals surface area contributed by atoms with Crippen LogP contribution in [-0.4, -0.2) is 32.8 Å². The number of pyridine rings is 1. The Hall–Kier alpha value is -2.66. The van der Waals surface area contributed by atoms with Crippen LogP contribution in [0.25, 0.3) is 0 Å². The fourth-order valence-electron chi connectivity index (χ4n) is 3.76. The van der Waals surface area contributed by atoms with Crippen molar-refractivity contribution >= 4 is 0 Å². The zero-order chi connectivity index (χ0) is 18.5. The molecule has 0 aliphatic carbocycles. The SMILES string of the molecule is Cn1nccc1C1CCN(Cc2ccc(OCc3ccccn3)cc2)CC1. The minimum atomic E-state index is 0.502. The molecule has 0 atom stereocenters. The topological polar surface area (TPSA) is 43.2 Å². The molecule has 1 aliphatic rings. The first-order valence-electron chi connectivity index (χ1n) is 9.60. The average Bonchev–Trinajstić information content (AvgIpc) is 3.15. The molecule has 1 fully saturated rings. The van der Waals surface area contributed by atoms with Crippen molar-refractivity contribution < 1.29 is 4.74 Å². The Bertz CT molecular complexity index is 836. The molecule has 0 radical (unpaired) electrons. The Morgan fingerprint density at radius 1 is 1.00 bits per heavy atom. The van der Waals surface area contributed by atoms with E-state index in [1.807, 2.05) is 36.1 Å². The van der Waals surface area contributed by atoms with Gasteiger partial charge in [0, 0.05) is 37.6 Å². The number of hydrogen-bond donors (Lipinski definition) is 0. The van der Waals surface area contributed by atoms with E-state index in [1.165, 1.54) is 24.1 Å². The quantitative estimate of drug-likeness (QED) is 0.669. The summed E-state index contributed by atoms with van der Waals surface area (Å²) in [5, 5.41) is 4.31. The first kappa shape index (κ1) is 17.7. The highest BCUT2D eigenvalue weighted by atomic mass is 16.5. The largest absolute Gasteiger partial charge is 0.487 e. The summed E-state index contributed by atoms with van der Waals surface area (Å²) in [5.41, 5.74) is 3.64. The number of rotatable bonds is 6. The van der Waals surface area contributed by atoms with Gasteiger partial charge in [0.15, 0.2) is 0 Å². The summed E-state index contributed by atoms with van der Waals surface area (Å²) in [5.74, 6) is 1.52. The van der Waals surface area contributed by atoms with E-state index in [1.54, 1.807) is 6.20 Å². The van der Waals surface area contributed by atoms with Gasteiger partial charge in [-0.05, 0) is 61.8 Å². The number of likely N-dealkylation sites (tertiary alicyclic amines) is 1. The lowest BCUT2D eigenvalue weighted by molar-refractivity contribution is 0.201. The van der Waals surface area contributed by atoms with Gasteiger partial charge in [-0.3, -0.25) is 14.6 Å². The lowest BCUT2D eigenvalue weighted by Crippen LogP contribution is -2.33. The van der Waals surface area contributed by atoms with Crippen molar-refractivity contribution in [3.05, 3.63) is 77.9 Å². The molecule has 3 aromatic rings. The van der Waals surface area contributed by atoms with Crippen LogP contribution < -0.4 is 4.74 Å². The van der Waals surface area contributed by atoms with Crippen LogP contribution in [0.5, 0.6) is 5.75 Å². The molecule has 0 N–H and O–H groups in total. The Morgan fingerprint density at radius 2 is 1.81 bits per heavy atom. The molecule has 1 aromatic carbocycles.